The van der Waals surface area contributed by atoms with Gasteiger partial charge < -0.3 is 24.5 Å². The van der Waals surface area contributed by atoms with E-state index in [2.05, 4.69) is 5.32 Å². The van der Waals surface area contributed by atoms with Crippen molar-refractivity contribution in [3.63, 3.8) is 0 Å². The summed E-state index contributed by atoms with van der Waals surface area (Å²) in [6, 6.07) is 4.45. The summed E-state index contributed by atoms with van der Waals surface area (Å²) in [6.45, 7) is 2.49. The maximum absolute atomic E-state index is 12.3. The first-order valence-corrected chi connectivity index (χ1v) is 8.67. The van der Waals surface area contributed by atoms with Crippen LogP contribution in [0.2, 0.25) is 0 Å². The quantitative estimate of drug-likeness (QED) is 0.410. The zero-order valence-electron chi connectivity index (χ0n) is 15.6. The fourth-order valence-electron chi connectivity index (χ4n) is 2.71. The summed E-state index contributed by atoms with van der Waals surface area (Å²) in [5, 5.41) is 12.4. The summed E-state index contributed by atoms with van der Waals surface area (Å²) < 4.78 is 51.7. The van der Waals surface area contributed by atoms with E-state index in [0.29, 0.717) is 5.56 Å². The van der Waals surface area contributed by atoms with Crippen LogP contribution in [0.25, 0.3) is 0 Å². The summed E-state index contributed by atoms with van der Waals surface area (Å²) in [5.41, 5.74) is 0.397. The highest BCUT2D eigenvalue weighted by Gasteiger charge is 2.38. The number of hydrogen-bond acceptors (Lipinski definition) is 7. The van der Waals surface area contributed by atoms with Crippen LogP contribution < -0.4 is 9.97 Å². The number of benzene rings is 1. The Labute approximate surface area is 164 Å². The van der Waals surface area contributed by atoms with Crippen LogP contribution >= 0.6 is 0 Å². The minimum absolute atomic E-state index is 0.0146. The van der Waals surface area contributed by atoms with Crippen LogP contribution in [0.5, 0.6) is 5.75 Å². The lowest BCUT2D eigenvalue weighted by Gasteiger charge is -2.29. The molecule has 2 unspecified atom stereocenters. The van der Waals surface area contributed by atoms with Gasteiger partial charge in [-0.3, -0.25) is 9.59 Å². The van der Waals surface area contributed by atoms with Crippen LogP contribution in [-0.2, 0) is 25.5 Å². The van der Waals surface area contributed by atoms with Crippen molar-refractivity contribution in [2.24, 2.45) is 0 Å². The fourth-order valence-corrected chi connectivity index (χ4v) is 2.71. The zero-order valence-corrected chi connectivity index (χ0v) is 15.6. The van der Waals surface area contributed by atoms with E-state index < -0.39 is 56.2 Å². The van der Waals surface area contributed by atoms with Crippen molar-refractivity contribution in [1.29, 1.82) is 0 Å². The SMILES string of the molecule is CC(=O)OC(C)OC(=O)c1cccc2c1OB(O)C(NC(=O)CCC(F)(F)F)C2. The minimum Gasteiger partial charge on any atom is -0.534 e. The number of esters is 2. The van der Waals surface area contributed by atoms with Gasteiger partial charge in [0.25, 0.3) is 0 Å². The molecule has 1 heterocycles. The normalized spacial score (nSPS) is 16.9. The average molecular weight is 417 g/mol. The van der Waals surface area contributed by atoms with Gasteiger partial charge in [-0.2, -0.15) is 13.2 Å². The predicted molar refractivity (Wildman–Crippen MR) is 92.6 cm³/mol. The second-order valence-corrected chi connectivity index (χ2v) is 6.38. The van der Waals surface area contributed by atoms with Gasteiger partial charge >= 0.3 is 25.2 Å². The van der Waals surface area contributed by atoms with Crippen LogP contribution in [0, 0.1) is 0 Å². The van der Waals surface area contributed by atoms with Crippen molar-refractivity contribution in [3.8, 4) is 5.75 Å². The number of nitrogens with one attached hydrogen (secondary N) is 1. The van der Waals surface area contributed by atoms with E-state index in [1.54, 1.807) is 6.07 Å². The lowest BCUT2D eigenvalue weighted by Crippen LogP contribution is -2.53. The monoisotopic (exact) mass is 417 g/mol. The molecule has 2 N–H and O–H groups in total. The van der Waals surface area contributed by atoms with Gasteiger partial charge in [0.05, 0.1) is 12.4 Å². The van der Waals surface area contributed by atoms with Gasteiger partial charge in [-0.15, -0.1) is 0 Å². The molecular formula is C17H19BF3NO7. The molecule has 29 heavy (non-hydrogen) atoms. The predicted octanol–water partition coefficient (Wildman–Crippen LogP) is 1.53. The van der Waals surface area contributed by atoms with Crippen molar-refractivity contribution in [1.82, 2.24) is 5.32 Å². The van der Waals surface area contributed by atoms with E-state index in [-0.39, 0.29) is 17.7 Å². The van der Waals surface area contributed by atoms with Gasteiger partial charge in [0.1, 0.15) is 11.3 Å². The number of amides is 1. The van der Waals surface area contributed by atoms with E-state index in [9.17, 15) is 32.6 Å². The summed E-state index contributed by atoms with van der Waals surface area (Å²) in [4.78, 5) is 34.9. The molecule has 1 aliphatic heterocycles. The van der Waals surface area contributed by atoms with Crippen molar-refractivity contribution in [2.75, 3.05) is 0 Å². The van der Waals surface area contributed by atoms with E-state index in [1.165, 1.54) is 19.1 Å². The molecule has 2 rings (SSSR count). The van der Waals surface area contributed by atoms with Crippen molar-refractivity contribution in [2.45, 2.75) is 51.5 Å². The van der Waals surface area contributed by atoms with E-state index >= 15 is 0 Å². The third kappa shape index (κ3) is 6.66. The molecule has 1 amide bonds. The van der Waals surface area contributed by atoms with Crippen LogP contribution in [-0.4, -0.2) is 48.4 Å². The first-order valence-electron chi connectivity index (χ1n) is 8.67. The Balaban J connectivity index is 2.07. The second-order valence-electron chi connectivity index (χ2n) is 6.38. The molecule has 12 heteroatoms. The van der Waals surface area contributed by atoms with Gasteiger partial charge in [-0.1, -0.05) is 12.1 Å². The molecule has 8 nitrogen and oxygen atoms in total. The molecule has 0 spiro atoms. The molecule has 0 aromatic heterocycles. The van der Waals surface area contributed by atoms with Crippen molar-refractivity contribution < 1.29 is 46.7 Å². The molecule has 1 aromatic rings. The highest BCUT2D eigenvalue weighted by Crippen LogP contribution is 2.31. The fraction of sp³-hybridized carbons (Fsp3) is 0.471. The van der Waals surface area contributed by atoms with Gasteiger partial charge in [-0.05, 0) is 18.1 Å². The third-order valence-electron chi connectivity index (χ3n) is 3.93. The summed E-state index contributed by atoms with van der Waals surface area (Å²) in [7, 11) is -1.59. The maximum Gasteiger partial charge on any atom is 0.547 e. The number of hydrogen-bond donors (Lipinski definition) is 2. The van der Waals surface area contributed by atoms with Gasteiger partial charge in [-0.25, -0.2) is 4.79 Å². The Kier molecular flexibility index (Phi) is 7.12. The Morgan fingerprint density at radius 3 is 2.66 bits per heavy atom. The smallest absolute Gasteiger partial charge is 0.534 e. The molecular weight excluding hydrogens is 398 g/mol. The van der Waals surface area contributed by atoms with Gasteiger partial charge in [0.15, 0.2) is 0 Å². The summed E-state index contributed by atoms with van der Waals surface area (Å²) in [5.74, 6) is -3.37. The third-order valence-corrected chi connectivity index (χ3v) is 3.93. The molecule has 0 bridgehead atoms. The van der Waals surface area contributed by atoms with Crippen LogP contribution in [0.15, 0.2) is 18.2 Å². The van der Waals surface area contributed by atoms with Crippen LogP contribution in [0.1, 0.15) is 42.6 Å². The molecule has 0 aliphatic carbocycles. The number of alkyl halides is 3. The van der Waals surface area contributed by atoms with Crippen LogP contribution in [0.3, 0.4) is 0 Å². The van der Waals surface area contributed by atoms with Gasteiger partial charge in [0.2, 0.25) is 12.2 Å². The number of halogens is 3. The number of para-hydroxylation sites is 1. The lowest BCUT2D eigenvalue weighted by atomic mass is 9.72. The Morgan fingerprint density at radius 2 is 2.03 bits per heavy atom. The Bertz CT molecular complexity index is 787. The molecule has 0 saturated carbocycles. The second kappa shape index (κ2) is 9.16. The van der Waals surface area contributed by atoms with Crippen molar-refractivity contribution >= 4 is 25.0 Å². The largest absolute Gasteiger partial charge is 0.547 e. The highest BCUT2D eigenvalue weighted by atomic mass is 19.4. The van der Waals surface area contributed by atoms with Crippen molar-refractivity contribution in [3.05, 3.63) is 29.3 Å². The zero-order chi connectivity index (χ0) is 21.8. The number of fused-ring (bicyclic) bond motifs is 1. The minimum atomic E-state index is -4.47. The molecule has 2 atom stereocenters. The summed E-state index contributed by atoms with van der Waals surface area (Å²) >= 11 is 0. The molecule has 1 aromatic carbocycles. The lowest BCUT2D eigenvalue weighted by molar-refractivity contribution is -0.162. The van der Waals surface area contributed by atoms with Crippen LogP contribution in [0.4, 0.5) is 13.2 Å². The Morgan fingerprint density at radius 1 is 1.34 bits per heavy atom. The summed E-state index contributed by atoms with van der Waals surface area (Å²) in [6.07, 6.45) is -7.65. The van der Waals surface area contributed by atoms with E-state index in [1.807, 2.05) is 0 Å². The maximum atomic E-state index is 12.3. The number of ether oxygens (including phenoxy) is 2. The highest BCUT2D eigenvalue weighted by molar-refractivity contribution is 6.47. The first-order chi connectivity index (χ1) is 13.5. The topological polar surface area (TPSA) is 111 Å². The Hall–Kier alpha value is -2.76. The standard InChI is InChI=1S/C17H19BF3NO7/c1-9(23)27-10(2)28-16(25)12-5-3-4-11-8-13(18(26)29-15(11)12)22-14(24)6-7-17(19,20)21/h3-5,10,13,26H,6-8H2,1-2H3,(H,22,24). The van der Waals surface area contributed by atoms with E-state index in [0.717, 1.165) is 6.92 Å². The number of rotatable bonds is 6. The number of carbonyl (C=O) groups is 3. The first kappa shape index (κ1) is 22.5. The average Bonchev–Trinajstić information content (AvgIpc) is 2.58. The molecule has 0 saturated heterocycles. The van der Waals surface area contributed by atoms with Gasteiger partial charge in [0, 0.05) is 20.3 Å². The molecule has 0 fully saturated rings. The van der Waals surface area contributed by atoms with E-state index in [4.69, 9.17) is 14.1 Å². The number of carbonyl (C=O) groups excluding carboxylic acids is 3. The molecule has 1 aliphatic rings. The molecule has 0 radical (unpaired) electrons. The molecule has 158 valence electrons.